The van der Waals surface area contributed by atoms with Crippen molar-refractivity contribution in [2.45, 2.75) is 19.7 Å². The van der Waals surface area contributed by atoms with Crippen molar-refractivity contribution in [2.75, 3.05) is 45.0 Å². The second-order valence-electron chi connectivity index (χ2n) is 7.20. The zero-order chi connectivity index (χ0) is 22.3. The molecule has 0 aromatic heterocycles. The van der Waals surface area contributed by atoms with Crippen molar-refractivity contribution in [3.63, 3.8) is 0 Å². The molecule has 8 nitrogen and oxygen atoms in total. The van der Waals surface area contributed by atoms with E-state index in [0.29, 0.717) is 42.8 Å². The minimum absolute atomic E-state index is 0.0323. The Balaban J connectivity index is 1.40. The maximum absolute atomic E-state index is 12.9. The minimum atomic E-state index is -2.94. The van der Waals surface area contributed by atoms with Gasteiger partial charge in [-0.25, -0.2) is 0 Å². The van der Waals surface area contributed by atoms with Crippen molar-refractivity contribution in [1.29, 1.82) is 0 Å². The average Bonchev–Trinajstić information content (AvgIpc) is 3.27. The predicted octanol–water partition coefficient (Wildman–Crippen LogP) is 2.72. The Kier molecular flexibility index (Phi) is 7.10. The molecule has 0 aliphatic carbocycles. The average molecular weight is 448 g/mol. The molecule has 1 fully saturated rings. The SMILES string of the molecule is CN=C(NCc1cc2c(cc1OC(F)F)OCO2)NCc1ccccc1N1CCOCC1. The minimum Gasteiger partial charge on any atom is -0.454 e. The number of hydrogen-bond acceptors (Lipinski definition) is 6. The zero-order valence-electron chi connectivity index (χ0n) is 17.8. The number of hydrogen-bond donors (Lipinski definition) is 2. The van der Waals surface area contributed by atoms with Crippen molar-refractivity contribution in [3.8, 4) is 17.2 Å². The third-order valence-electron chi connectivity index (χ3n) is 5.23. The standard InChI is InChI=1S/C22H26F2N4O4/c1-25-22(26-12-15-4-2-3-5-17(15)28-6-8-29-9-7-28)27-13-16-10-19-20(31-14-30-19)11-18(16)32-21(23)24/h2-5,10-11,21H,6-9,12-14H2,1H3,(H2,25,26,27). The van der Waals surface area contributed by atoms with Gasteiger partial charge in [-0.3, -0.25) is 4.99 Å². The molecule has 0 amide bonds. The number of nitrogens with one attached hydrogen (secondary N) is 2. The summed E-state index contributed by atoms with van der Waals surface area (Å²) in [5, 5.41) is 6.43. The molecule has 2 aliphatic heterocycles. The van der Waals surface area contributed by atoms with Gasteiger partial charge >= 0.3 is 6.61 Å². The Morgan fingerprint density at radius 1 is 1.06 bits per heavy atom. The highest BCUT2D eigenvalue weighted by Gasteiger charge is 2.20. The van der Waals surface area contributed by atoms with Crippen LogP contribution in [0.25, 0.3) is 0 Å². The Bertz CT molecular complexity index is 952. The normalized spacial score (nSPS) is 15.8. The number of fused-ring (bicyclic) bond motifs is 1. The molecule has 32 heavy (non-hydrogen) atoms. The van der Waals surface area contributed by atoms with E-state index >= 15 is 0 Å². The molecule has 0 spiro atoms. The van der Waals surface area contributed by atoms with Crippen LogP contribution in [0.5, 0.6) is 17.2 Å². The molecule has 0 atom stereocenters. The van der Waals surface area contributed by atoms with Crippen molar-refractivity contribution >= 4 is 11.6 Å². The number of morpholine rings is 1. The van der Waals surface area contributed by atoms with Crippen LogP contribution in [0.4, 0.5) is 14.5 Å². The number of nitrogens with zero attached hydrogens (tertiary/aromatic N) is 2. The van der Waals surface area contributed by atoms with E-state index in [2.05, 4.69) is 37.4 Å². The number of aliphatic imine (C=N–C) groups is 1. The molecule has 172 valence electrons. The molecule has 2 aromatic rings. The van der Waals surface area contributed by atoms with Crippen LogP contribution >= 0.6 is 0 Å². The van der Waals surface area contributed by atoms with Crippen LogP contribution in [0.15, 0.2) is 41.4 Å². The summed E-state index contributed by atoms with van der Waals surface area (Å²) in [6.45, 7) is 0.989. The van der Waals surface area contributed by atoms with Crippen LogP contribution in [0.2, 0.25) is 0 Å². The van der Waals surface area contributed by atoms with Crippen molar-refractivity contribution in [2.24, 2.45) is 4.99 Å². The molecule has 0 saturated carbocycles. The van der Waals surface area contributed by atoms with Crippen LogP contribution in [0.3, 0.4) is 0 Å². The third-order valence-corrected chi connectivity index (χ3v) is 5.23. The van der Waals surface area contributed by atoms with Crippen LogP contribution in [0.1, 0.15) is 11.1 Å². The highest BCUT2D eigenvalue weighted by atomic mass is 19.3. The first-order chi connectivity index (χ1) is 15.6. The van der Waals surface area contributed by atoms with Gasteiger partial charge in [0.1, 0.15) is 5.75 Å². The Morgan fingerprint density at radius 3 is 2.47 bits per heavy atom. The molecular weight excluding hydrogens is 422 g/mol. The first-order valence-electron chi connectivity index (χ1n) is 10.4. The summed E-state index contributed by atoms with van der Waals surface area (Å²) in [6, 6.07) is 11.2. The first-order valence-corrected chi connectivity index (χ1v) is 10.4. The van der Waals surface area contributed by atoms with Gasteiger partial charge in [-0.2, -0.15) is 8.78 Å². The molecule has 10 heteroatoms. The van der Waals surface area contributed by atoms with Gasteiger partial charge in [0.2, 0.25) is 6.79 Å². The molecule has 4 rings (SSSR count). The number of guanidine groups is 1. The molecule has 0 bridgehead atoms. The second kappa shape index (κ2) is 10.4. The number of rotatable bonds is 7. The van der Waals surface area contributed by atoms with Gasteiger partial charge in [0.15, 0.2) is 17.5 Å². The van der Waals surface area contributed by atoms with Gasteiger partial charge in [-0.1, -0.05) is 18.2 Å². The van der Waals surface area contributed by atoms with Crippen LogP contribution in [-0.4, -0.2) is 52.7 Å². The predicted molar refractivity (Wildman–Crippen MR) is 116 cm³/mol. The van der Waals surface area contributed by atoms with Gasteiger partial charge in [0.05, 0.1) is 13.2 Å². The van der Waals surface area contributed by atoms with Crippen molar-refractivity contribution in [3.05, 3.63) is 47.5 Å². The second-order valence-corrected chi connectivity index (χ2v) is 7.20. The fraction of sp³-hybridized carbons (Fsp3) is 0.409. The third kappa shape index (κ3) is 5.31. The number of benzene rings is 2. The first kappa shape index (κ1) is 21.9. The fourth-order valence-electron chi connectivity index (χ4n) is 3.66. The van der Waals surface area contributed by atoms with Crippen LogP contribution < -0.4 is 29.7 Å². The highest BCUT2D eigenvalue weighted by molar-refractivity contribution is 5.80. The fourth-order valence-corrected chi connectivity index (χ4v) is 3.66. The smallest absolute Gasteiger partial charge is 0.387 e. The van der Waals surface area contributed by atoms with E-state index in [0.717, 1.165) is 24.3 Å². The summed E-state index contributed by atoms with van der Waals surface area (Å²) >= 11 is 0. The Morgan fingerprint density at radius 2 is 1.75 bits per heavy atom. The van der Waals surface area contributed by atoms with Gasteiger partial charge in [-0.05, 0) is 17.7 Å². The van der Waals surface area contributed by atoms with Gasteiger partial charge < -0.3 is 34.5 Å². The lowest BCUT2D eigenvalue weighted by Crippen LogP contribution is -2.39. The van der Waals surface area contributed by atoms with E-state index in [1.165, 1.54) is 6.07 Å². The number of para-hydroxylation sites is 1. The molecule has 2 aliphatic rings. The maximum Gasteiger partial charge on any atom is 0.387 e. The van der Waals surface area contributed by atoms with Gasteiger partial charge in [-0.15, -0.1) is 0 Å². The lowest BCUT2D eigenvalue weighted by molar-refractivity contribution is -0.0505. The number of ether oxygens (including phenoxy) is 4. The Labute approximate surface area is 185 Å². The summed E-state index contributed by atoms with van der Waals surface area (Å²) in [4.78, 5) is 6.54. The summed E-state index contributed by atoms with van der Waals surface area (Å²) in [7, 11) is 1.65. The van der Waals surface area contributed by atoms with Gasteiger partial charge in [0, 0.05) is 50.5 Å². The largest absolute Gasteiger partial charge is 0.454 e. The van der Waals surface area contributed by atoms with E-state index in [1.54, 1.807) is 13.1 Å². The van der Waals surface area contributed by atoms with Gasteiger partial charge in [0.25, 0.3) is 0 Å². The number of halogens is 2. The van der Waals surface area contributed by atoms with E-state index < -0.39 is 6.61 Å². The molecule has 2 N–H and O–H groups in total. The molecular formula is C22H26F2N4O4. The highest BCUT2D eigenvalue weighted by Crippen LogP contribution is 2.38. The monoisotopic (exact) mass is 448 g/mol. The molecule has 2 heterocycles. The lowest BCUT2D eigenvalue weighted by Gasteiger charge is -2.30. The molecule has 0 unspecified atom stereocenters. The summed E-state index contributed by atoms with van der Waals surface area (Å²) in [5.74, 6) is 1.43. The number of anilines is 1. The van der Waals surface area contributed by atoms with E-state index in [-0.39, 0.29) is 19.1 Å². The molecule has 1 saturated heterocycles. The summed E-state index contributed by atoms with van der Waals surface area (Å²) in [5.41, 5.74) is 2.79. The quantitative estimate of drug-likeness (QED) is 0.498. The zero-order valence-corrected chi connectivity index (χ0v) is 17.8. The topological polar surface area (TPSA) is 76.6 Å². The number of alkyl halides is 2. The summed E-state index contributed by atoms with van der Waals surface area (Å²) < 4.78 is 46.4. The van der Waals surface area contributed by atoms with E-state index in [9.17, 15) is 8.78 Å². The lowest BCUT2D eigenvalue weighted by atomic mass is 10.1. The van der Waals surface area contributed by atoms with Crippen LogP contribution in [-0.2, 0) is 17.8 Å². The molecule has 2 aromatic carbocycles. The van der Waals surface area contributed by atoms with Crippen molar-refractivity contribution < 1.29 is 27.7 Å². The summed E-state index contributed by atoms with van der Waals surface area (Å²) in [6.07, 6.45) is 0. The van der Waals surface area contributed by atoms with E-state index in [4.69, 9.17) is 14.2 Å². The maximum atomic E-state index is 12.9. The molecule has 0 radical (unpaired) electrons. The Hall–Kier alpha value is -3.27. The van der Waals surface area contributed by atoms with Crippen LogP contribution in [0, 0.1) is 0 Å². The van der Waals surface area contributed by atoms with Crippen molar-refractivity contribution in [1.82, 2.24) is 10.6 Å². The van der Waals surface area contributed by atoms with E-state index in [1.807, 2.05) is 12.1 Å².